The molecule has 0 spiro atoms. The van der Waals surface area contributed by atoms with Gasteiger partial charge in [-0.25, -0.2) is 0 Å². The van der Waals surface area contributed by atoms with E-state index < -0.39 is 0 Å². The lowest BCUT2D eigenvalue weighted by Gasteiger charge is -2.25. The summed E-state index contributed by atoms with van der Waals surface area (Å²) in [5.41, 5.74) is 8.21. The van der Waals surface area contributed by atoms with E-state index in [1.54, 1.807) is 6.07 Å². The van der Waals surface area contributed by atoms with Gasteiger partial charge in [0.15, 0.2) is 0 Å². The molecule has 0 aliphatic heterocycles. The molecule has 3 heteroatoms. The van der Waals surface area contributed by atoms with Crippen molar-refractivity contribution >= 4 is 5.91 Å². The Morgan fingerprint density at radius 2 is 2.22 bits per heavy atom. The summed E-state index contributed by atoms with van der Waals surface area (Å²) in [5, 5.41) is 3.47. The van der Waals surface area contributed by atoms with Crippen molar-refractivity contribution in [2.45, 2.75) is 39.2 Å². The van der Waals surface area contributed by atoms with Crippen molar-refractivity contribution in [1.29, 1.82) is 0 Å². The minimum atomic E-state index is -0.359. The Kier molecular flexibility index (Phi) is 4.37. The van der Waals surface area contributed by atoms with Gasteiger partial charge < -0.3 is 11.1 Å². The summed E-state index contributed by atoms with van der Waals surface area (Å²) in [6.45, 7) is 3.98. The highest BCUT2D eigenvalue weighted by Crippen LogP contribution is 2.28. The first-order chi connectivity index (χ1) is 8.66. The van der Waals surface area contributed by atoms with Crippen molar-refractivity contribution in [3.63, 3.8) is 0 Å². The summed E-state index contributed by atoms with van der Waals surface area (Å²) in [5.74, 6) is 0.596. The van der Waals surface area contributed by atoms with Crippen LogP contribution in [0.4, 0.5) is 0 Å². The van der Waals surface area contributed by atoms with Crippen molar-refractivity contribution in [2.75, 3.05) is 6.54 Å². The molecule has 0 radical (unpaired) electrons. The minimum absolute atomic E-state index is 0.359. The van der Waals surface area contributed by atoms with E-state index in [9.17, 15) is 4.79 Å². The van der Waals surface area contributed by atoms with Crippen LogP contribution in [0.15, 0.2) is 18.2 Å². The van der Waals surface area contributed by atoms with Crippen molar-refractivity contribution in [1.82, 2.24) is 5.32 Å². The summed E-state index contributed by atoms with van der Waals surface area (Å²) in [6, 6.07) is 5.66. The van der Waals surface area contributed by atoms with Gasteiger partial charge in [-0.2, -0.15) is 0 Å². The number of primary amides is 1. The lowest BCUT2D eigenvalue weighted by Crippen LogP contribution is -2.21. The van der Waals surface area contributed by atoms with E-state index in [0.717, 1.165) is 24.6 Å². The van der Waals surface area contributed by atoms with Gasteiger partial charge in [0.05, 0.1) is 0 Å². The first-order valence-electron chi connectivity index (χ1n) is 6.77. The molecule has 1 aliphatic rings. The third kappa shape index (κ3) is 3.33. The van der Waals surface area contributed by atoms with Crippen LogP contribution in [0.1, 0.15) is 47.2 Å². The third-order valence-electron chi connectivity index (χ3n) is 3.90. The molecule has 0 atom stereocenters. The number of carbonyl (C=O) groups is 1. The number of benzene rings is 1. The second-order valence-electron chi connectivity index (χ2n) is 5.27. The monoisotopic (exact) mass is 246 g/mol. The quantitative estimate of drug-likeness (QED) is 0.757. The fraction of sp³-hybridized carbons (Fsp3) is 0.533. The number of hydrogen-bond acceptors (Lipinski definition) is 2. The molecule has 0 unspecified atom stereocenters. The van der Waals surface area contributed by atoms with Crippen molar-refractivity contribution < 1.29 is 4.79 Å². The average molecular weight is 246 g/mol. The summed E-state index contributed by atoms with van der Waals surface area (Å²) < 4.78 is 0. The van der Waals surface area contributed by atoms with E-state index in [0.29, 0.717) is 5.56 Å². The third-order valence-corrected chi connectivity index (χ3v) is 3.90. The number of rotatable bonds is 6. The maximum Gasteiger partial charge on any atom is 0.248 e. The molecule has 1 fully saturated rings. The number of nitrogens with one attached hydrogen (secondary N) is 1. The number of aryl methyl sites for hydroxylation is 1. The zero-order valence-corrected chi connectivity index (χ0v) is 11.0. The van der Waals surface area contributed by atoms with Crippen LogP contribution in [-0.4, -0.2) is 12.5 Å². The zero-order chi connectivity index (χ0) is 13.0. The Labute approximate surface area is 109 Å². The highest BCUT2D eigenvalue weighted by molar-refractivity contribution is 5.93. The molecule has 0 heterocycles. The maximum absolute atomic E-state index is 11.0. The lowest BCUT2D eigenvalue weighted by molar-refractivity contribution is 0.1000. The predicted molar refractivity (Wildman–Crippen MR) is 73.4 cm³/mol. The molecule has 1 amide bonds. The molecular formula is C15H22N2O. The van der Waals surface area contributed by atoms with Crippen LogP contribution in [-0.2, 0) is 6.54 Å². The molecule has 0 aromatic heterocycles. The number of carbonyl (C=O) groups excluding carboxylic acids is 1. The van der Waals surface area contributed by atoms with Gasteiger partial charge in [0.1, 0.15) is 0 Å². The molecule has 0 bridgehead atoms. The van der Waals surface area contributed by atoms with Gasteiger partial charge in [0, 0.05) is 12.1 Å². The fourth-order valence-electron chi connectivity index (χ4n) is 2.36. The molecule has 3 N–H and O–H groups in total. The smallest absolute Gasteiger partial charge is 0.248 e. The van der Waals surface area contributed by atoms with Crippen molar-refractivity contribution in [3.05, 3.63) is 34.9 Å². The summed E-state index contributed by atoms with van der Waals surface area (Å²) in [4.78, 5) is 11.0. The van der Waals surface area contributed by atoms with Gasteiger partial charge in [0.25, 0.3) is 0 Å². The Bertz CT molecular complexity index is 425. The van der Waals surface area contributed by atoms with Gasteiger partial charge in [-0.05, 0) is 49.1 Å². The predicted octanol–water partition coefficient (Wildman–Crippen LogP) is 2.37. The van der Waals surface area contributed by atoms with E-state index in [1.165, 1.54) is 31.2 Å². The van der Waals surface area contributed by atoms with Crippen molar-refractivity contribution in [3.8, 4) is 0 Å². The standard InChI is InChI=1S/C15H22N2O/c1-11-9-13(15(16)18)5-6-14(11)10-17-8-7-12-3-2-4-12/h5-6,9,12,17H,2-4,7-8,10H2,1H3,(H2,16,18). The van der Waals surface area contributed by atoms with Crippen LogP contribution >= 0.6 is 0 Å². The van der Waals surface area contributed by atoms with Gasteiger partial charge in [-0.1, -0.05) is 25.3 Å². The van der Waals surface area contributed by atoms with E-state index in [2.05, 4.69) is 5.32 Å². The second-order valence-corrected chi connectivity index (χ2v) is 5.27. The van der Waals surface area contributed by atoms with Crippen LogP contribution in [0.5, 0.6) is 0 Å². The van der Waals surface area contributed by atoms with E-state index in [4.69, 9.17) is 5.73 Å². The van der Waals surface area contributed by atoms with Gasteiger partial charge in [0.2, 0.25) is 5.91 Å². The largest absolute Gasteiger partial charge is 0.366 e. The Hall–Kier alpha value is -1.35. The van der Waals surface area contributed by atoms with Crippen LogP contribution in [0.3, 0.4) is 0 Å². The first-order valence-corrected chi connectivity index (χ1v) is 6.77. The van der Waals surface area contributed by atoms with Gasteiger partial charge >= 0.3 is 0 Å². The molecule has 3 nitrogen and oxygen atoms in total. The number of nitrogens with two attached hydrogens (primary N) is 1. The van der Waals surface area contributed by atoms with Crippen LogP contribution in [0.2, 0.25) is 0 Å². The van der Waals surface area contributed by atoms with Crippen molar-refractivity contribution in [2.24, 2.45) is 11.7 Å². The average Bonchev–Trinajstić information content (AvgIpc) is 2.28. The molecule has 1 aliphatic carbocycles. The molecule has 98 valence electrons. The molecule has 1 aromatic rings. The van der Waals surface area contributed by atoms with Crippen LogP contribution < -0.4 is 11.1 Å². The molecular weight excluding hydrogens is 224 g/mol. The van der Waals surface area contributed by atoms with Crippen LogP contribution in [0.25, 0.3) is 0 Å². The lowest BCUT2D eigenvalue weighted by atomic mass is 9.83. The zero-order valence-electron chi connectivity index (χ0n) is 11.0. The second kappa shape index (κ2) is 6.01. The Morgan fingerprint density at radius 3 is 2.78 bits per heavy atom. The first kappa shape index (κ1) is 13.1. The molecule has 0 saturated heterocycles. The van der Waals surface area contributed by atoms with E-state index in [-0.39, 0.29) is 5.91 Å². The topological polar surface area (TPSA) is 55.1 Å². The van der Waals surface area contributed by atoms with Gasteiger partial charge in [-0.3, -0.25) is 4.79 Å². The number of amides is 1. The van der Waals surface area contributed by atoms with Gasteiger partial charge in [-0.15, -0.1) is 0 Å². The Balaban J connectivity index is 1.79. The SMILES string of the molecule is Cc1cc(C(N)=O)ccc1CNCCC1CCC1. The normalized spacial score (nSPS) is 15.4. The molecule has 2 rings (SSSR count). The van der Waals surface area contributed by atoms with E-state index in [1.807, 2.05) is 19.1 Å². The molecule has 18 heavy (non-hydrogen) atoms. The van der Waals surface area contributed by atoms with Crippen LogP contribution in [0, 0.1) is 12.8 Å². The maximum atomic E-state index is 11.0. The summed E-state index contributed by atoms with van der Waals surface area (Å²) in [7, 11) is 0. The molecule has 1 saturated carbocycles. The Morgan fingerprint density at radius 1 is 1.44 bits per heavy atom. The number of hydrogen-bond donors (Lipinski definition) is 2. The minimum Gasteiger partial charge on any atom is -0.366 e. The highest BCUT2D eigenvalue weighted by Gasteiger charge is 2.16. The summed E-state index contributed by atoms with van der Waals surface area (Å²) >= 11 is 0. The van der Waals surface area contributed by atoms with E-state index >= 15 is 0 Å². The summed E-state index contributed by atoms with van der Waals surface area (Å²) in [6.07, 6.45) is 5.53. The fourth-order valence-corrected chi connectivity index (χ4v) is 2.36. The molecule has 1 aromatic carbocycles. The highest BCUT2D eigenvalue weighted by atomic mass is 16.1.